The Labute approximate surface area is 73.6 Å². The van der Waals surface area contributed by atoms with Crippen molar-refractivity contribution in [1.29, 1.82) is 0 Å². The van der Waals surface area contributed by atoms with Crippen LogP contribution in [0.4, 0.5) is 5.82 Å². The van der Waals surface area contributed by atoms with Gasteiger partial charge in [0.2, 0.25) is 5.82 Å². The molecule has 0 spiro atoms. The predicted molar refractivity (Wildman–Crippen MR) is 50.2 cm³/mol. The van der Waals surface area contributed by atoms with Crippen LogP contribution in [0.2, 0.25) is 0 Å². The second-order valence-electron chi connectivity index (χ2n) is 2.58. The van der Waals surface area contributed by atoms with Crippen LogP contribution in [0.5, 0.6) is 0 Å². The molecule has 0 atom stereocenters. The van der Waals surface area contributed by atoms with Crippen LogP contribution >= 0.6 is 0 Å². The molecule has 0 aliphatic carbocycles. The third kappa shape index (κ3) is 1.25. The molecule has 2 aromatic rings. The number of H-pyrrole nitrogens is 1. The molecule has 1 aromatic heterocycles. The fourth-order valence-corrected chi connectivity index (χ4v) is 1.13. The normalized spacial score (nSPS) is 10.2. The Morgan fingerprint density at radius 1 is 1.38 bits per heavy atom. The molecule has 13 heavy (non-hydrogen) atoms. The highest BCUT2D eigenvalue weighted by Gasteiger charge is 2.00. The maximum atomic E-state index is 11.2. The SMILES string of the molecule is NNc1nc2ccccc2[nH]c1=O. The van der Waals surface area contributed by atoms with Crippen molar-refractivity contribution in [2.24, 2.45) is 5.84 Å². The smallest absolute Gasteiger partial charge is 0.292 e. The first kappa shape index (κ1) is 7.75. The maximum absolute atomic E-state index is 11.2. The van der Waals surface area contributed by atoms with E-state index in [-0.39, 0.29) is 11.4 Å². The number of aromatic nitrogens is 2. The number of nitrogen functional groups attached to an aromatic ring is 1. The summed E-state index contributed by atoms with van der Waals surface area (Å²) in [5, 5.41) is 0. The fraction of sp³-hybridized carbons (Fsp3) is 0. The van der Waals surface area contributed by atoms with E-state index in [4.69, 9.17) is 5.84 Å². The maximum Gasteiger partial charge on any atom is 0.292 e. The Morgan fingerprint density at radius 3 is 2.92 bits per heavy atom. The van der Waals surface area contributed by atoms with E-state index in [1.807, 2.05) is 12.1 Å². The molecular formula is C8H8N4O. The van der Waals surface area contributed by atoms with E-state index in [1.165, 1.54) is 0 Å². The van der Waals surface area contributed by atoms with Crippen molar-refractivity contribution in [3.8, 4) is 0 Å². The number of aromatic amines is 1. The van der Waals surface area contributed by atoms with Crippen molar-refractivity contribution in [1.82, 2.24) is 9.97 Å². The zero-order chi connectivity index (χ0) is 9.26. The van der Waals surface area contributed by atoms with Gasteiger partial charge in [0, 0.05) is 0 Å². The molecule has 0 radical (unpaired) electrons. The molecule has 5 nitrogen and oxygen atoms in total. The molecular weight excluding hydrogens is 168 g/mol. The van der Waals surface area contributed by atoms with Crippen molar-refractivity contribution in [3.63, 3.8) is 0 Å². The van der Waals surface area contributed by atoms with Gasteiger partial charge in [-0.15, -0.1) is 0 Å². The molecule has 0 fully saturated rings. The zero-order valence-corrected chi connectivity index (χ0v) is 6.74. The Morgan fingerprint density at radius 2 is 2.15 bits per heavy atom. The number of para-hydroxylation sites is 2. The number of anilines is 1. The topological polar surface area (TPSA) is 83.8 Å². The number of fused-ring (bicyclic) bond motifs is 1. The monoisotopic (exact) mass is 176 g/mol. The van der Waals surface area contributed by atoms with Gasteiger partial charge in [0.15, 0.2) is 0 Å². The van der Waals surface area contributed by atoms with E-state index in [0.717, 1.165) is 0 Å². The van der Waals surface area contributed by atoms with E-state index in [1.54, 1.807) is 12.1 Å². The number of nitrogens with one attached hydrogen (secondary N) is 2. The van der Waals surface area contributed by atoms with Gasteiger partial charge in [0.25, 0.3) is 5.56 Å². The van der Waals surface area contributed by atoms with E-state index in [0.29, 0.717) is 11.0 Å². The van der Waals surface area contributed by atoms with E-state index >= 15 is 0 Å². The Hall–Kier alpha value is -1.88. The summed E-state index contributed by atoms with van der Waals surface area (Å²) in [6.45, 7) is 0. The van der Waals surface area contributed by atoms with E-state index in [9.17, 15) is 4.79 Å². The third-order valence-electron chi connectivity index (χ3n) is 1.74. The summed E-state index contributed by atoms with van der Waals surface area (Å²) in [6.07, 6.45) is 0. The fourth-order valence-electron chi connectivity index (χ4n) is 1.13. The number of nitrogens with zero attached hydrogens (tertiary/aromatic N) is 1. The molecule has 1 heterocycles. The lowest BCUT2D eigenvalue weighted by Gasteiger charge is -1.99. The molecule has 0 aliphatic heterocycles. The van der Waals surface area contributed by atoms with Crippen LogP contribution in [-0.2, 0) is 0 Å². The van der Waals surface area contributed by atoms with Gasteiger partial charge >= 0.3 is 0 Å². The van der Waals surface area contributed by atoms with Crippen molar-refractivity contribution in [2.45, 2.75) is 0 Å². The van der Waals surface area contributed by atoms with Crippen LogP contribution < -0.4 is 16.8 Å². The average Bonchev–Trinajstić information content (AvgIpc) is 2.17. The highest BCUT2D eigenvalue weighted by molar-refractivity contribution is 5.75. The lowest BCUT2D eigenvalue weighted by Crippen LogP contribution is -2.20. The summed E-state index contributed by atoms with van der Waals surface area (Å²) in [7, 11) is 0. The second kappa shape index (κ2) is 2.87. The minimum Gasteiger partial charge on any atom is -0.317 e. The van der Waals surface area contributed by atoms with Crippen molar-refractivity contribution in [2.75, 3.05) is 5.43 Å². The molecule has 66 valence electrons. The van der Waals surface area contributed by atoms with Crippen molar-refractivity contribution >= 4 is 16.9 Å². The van der Waals surface area contributed by atoms with Crippen LogP contribution in [0.25, 0.3) is 11.0 Å². The summed E-state index contributed by atoms with van der Waals surface area (Å²) in [6, 6.07) is 7.25. The number of benzene rings is 1. The molecule has 0 amide bonds. The highest BCUT2D eigenvalue weighted by Crippen LogP contribution is 2.06. The van der Waals surface area contributed by atoms with Gasteiger partial charge in [0.1, 0.15) is 0 Å². The predicted octanol–water partition coefficient (Wildman–Crippen LogP) is 0.209. The zero-order valence-electron chi connectivity index (χ0n) is 6.74. The number of hydrazine groups is 1. The standard InChI is InChI=1S/C8H8N4O/c9-12-7-8(13)11-6-4-2-1-3-5(6)10-7/h1-4H,9H2,(H,10,12)(H,11,13). The first-order chi connectivity index (χ1) is 6.31. The van der Waals surface area contributed by atoms with Crippen molar-refractivity contribution < 1.29 is 0 Å². The Balaban J connectivity index is 2.81. The first-order valence-electron chi connectivity index (χ1n) is 3.77. The second-order valence-corrected chi connectivity index (χ2v) is 2.58. The van der Waals surface area contributed by atoms with Gasteiger partial charge in [0.05, 0.1) is 11.0 Å². The van der Waals surface area contributed by atoms with Crippen LogP contribution in [0, 0.1) is 0 Å². The number of hydrogen-bond acceptors (Lipinski definition) is 4. The van der Waals surface area contributed by atoms with Gasteiger partial charge in [-0.1, -0.05) is 12.1 Å². The summed E-state index contributed by atoms with van der Waals surface area (Å²) < 4.78 is 0. The third-order valence-corrected chi connectivity index (χ3v) is 1.74. The van der Waals surface area contributed by atoms with Gasteiger partial charge in [-0.3, -0.25) is 4.79 Å². The number of nitrogens with two attached hydrogens (primary N) is 1. The molecule has 0 saturated heterocycles. The van der Waals surface area contributed by atoms with Crippen LogP contribution in [0.3, 0.4) is 0 Å². The lowest BCUT2D eigenvalue weighted by molar-refractivity contribution is 1.16. The molecule has 0 unspecified atom stereocenters. The Kier molecular flexibility index (Phi) is 1.71. The quantitative estimate of drug-likeness (QED) is 0.428. The number of hydrogen-bond donors (Lipinski definition) is 3. The first-order valence-corrected chi connectivity index (χ1v) is 3.77. The van der Waals surface area contributed by atoms with Gasteiger partial charge < -0.3 is 10.4 Å². The van der Waals surface area contributed by atoms with Gasteiger partial charge in [-0.2, -0.15) is 0 Å². The van der Waals surface area contributed by atoms with E-state index < -0.39 is 0 Å². The van der Waals surface area contributed by atoms with Crippen LogP contribution in [-0.4, -0.2) is 9.97 Å². The molecule has 2 rings (SSSR count). The Bertz CT molecular complexity index is 491. The average molecular weight is 176 g/mol. The van der Waals surface area contributed by atoms with E-state index in [2.05, 4.69) is 15.4 Å². The summed E-state index contributed by atoms with van der Waals surface area (Å²) in [5.74, 6) is 5.23. The summed E-state index contributed by atoms with van der Waals surface area (Å²) in [5.41, 5.74) is 3.32. The number of rotatable bonds is 1. The minimum atomic E-state index is -0.318. The molecule has 1 aromatic carbocycles. The molecule has 0 saturated carbocycles. The van der Waals surface area contributed by atoms with Crippen molar-refractivity contribution in [3.05, 3.63) is 34.6 Å². The van der Waals surface area contributed by atoms with Crippen LogP contribution in [0.1, 0.15) is 0 Å². The molecule has 5 heteroatoms. The largest absolute Gasteiger partial charge is 0.317 e. The molecule has 0 bridgehead atoms. The summed E-state index contributed by atoms with van der Waals surface area (Å²) in [4.78, 5) is 17.9. The molecule has 0 aliphatic rings. The minimum absolute atomic E-state index is 0.124. The highest BCUT2D eigenvalue weighted by atomic mass is 16.1. The van der Waals surface area contributed by atoms with Crippen LogP contribution in [0.15, 0.2) is 29.1 Å². The van der Waals surface area contributed by atoms with Gasteiger partial charge in [-0.05, 0) is 12.1 Å². The van der Waals surface area contributed by atoms with Gasteiger partial charge in [-0.25, -0.2) is 10.8 Å². The molecule has 4 N–H and O–H groups in total. The summed E-state index contributed by atoms with van der Waals surface area (Å²) >= 11 is 0. The lowest BCUT2D eigenvalue weighted by atomic mass is 10.3.